The van der Waals surface area contributed by atoms with E-state index in [4.69, 9.17) is 9.16 Å². The van der Waals surface area contributed by atoms with Gasteiger partial charge in [-0.2, -0.15) is 0 Å². The number of nitrogens with one attached hydrogen (secondary N) is 3. The SMILES string of the molecule is CCS(=O)(=O)N(C)c1cccc(C(=O)N[C@@H](CC(C)C)[C@H](C[C@@H](C)C(=O)N[C@@H](C)C(=O)NCc2ccc(C(=O)OCc3ccccc3)cc2)O[Si](C)(C)C(C)(C)C)c1. The Morgan fingerprint density at radius 1 is 0.793 bits per heavy atom. The highest BCUT2D eigenvalue weighted by atomic mass is 32.2. The highest BCUT2D eigenvalue weighted by Gasteiger charge is 2.42. The van der Waals surface area contributed by atoms with Crippen LogP contribution in [-0.2, 0) is 41.9 Å². The molecule has 3 rings (SSSR count). The summed E-state index contributed by atoms with van der Waals surface area (Å²) in [4.78, 5) is 53.1. The monoisotopic (exact) mass is 836 g/mol. The fraction of sp³-hybridized carbons (Fsp3) is 0.500. The van der Waals surface area contributed by atoms with Crippen molar-refractivity contribution in [1.82, 2.24) is 16.0 Å². The number of ether oxygens (including phenoxy) is 1. The van der Waals surface area contributed by atoms with E-state index in [1.165, 1.54) is 11.4 Å². The van der Waals surface area contributed by atoms with Crippen molar-refractivity contribution >= 4 is 47.7 Å². The van der Waals surface area contributed by atoms with E-state index in [9.17, 15) is 27.6 Å². The van der Waals surface area contributed by atoms with Crippen molar-refractivity contribution in [3.8, 4) is 0 Å². The van der Waals surface area contributed by atoms with Crippen molar-refractivity contribution in [3.05, 3.63) is 101 Å². The molecule has 12 nitrogen and oxygen atoms in total. The molecule has 4 atom stereocenters. The molecule has 3 aromatic carbocycles. The van der Waals surface area contributed by atoms with Crippen molar-refractivity contribution in [1.29, 1.82) is 0 Å². The molecule has 0 unspecified atom stereocenters. The summed E-state index contributed by atoms with van der Waals surface area (Å²) in [6.45, 7) is 20.1. The quantitative estimate of drug-likeness (QED) is 0.0796. The van der Waals surface area contributed by atoms with E-state index >= 15 is 0 Å². The molecule has 318 valence electrons. The molecular formula is C44H64N4O8SSi. The van der Waals surface area contributed by atoms with Crippen molar-refractivity contribution in [2.45, 2.75) is 118 Å². The van der Waals surface area contributed by atoms with E-state index in [1.54, 1.807) is 69.3 Å². The molecule has 0 saturated heterocycles. The van der Waals surface area contributed by atoms with Crippen LogP contribution in [-0.4, -0.2) is 71.4 Å². The Kier molecular flexibility index (Phi) is 17.3. The van der Waals surface area contributed by atoms with Crippen LogP contribution in [0.2, 0.25) is 18.1 Å². The Morgan fingerprint density at radius 2 is 1.43 bits per heavy atom. The Balaban J connectivity index is 1.70. The molecule has 0 saturated carbocycles. The maximum absolute atomic E-state index is 13.9. The molecule has 0 aliphatic heterocycles. The Morgan fingerprint density at radius 3 is 2.02 bits per heavy atom. The lowest BCUT2D eigenvalue weighted by molar-refractivity contribution is -0.131. The number of carbonyl (C=O) groups is 4. The van der Waals surface area contributed by atoms with Gasteiger partial charge >= 0.3 is 5.97 Å². The average molecular weight is 837 g/mol. The normalized spacial score (nSPS) is 14.1. The first-order valence-corrected chi connectivity index (χ1v) is 24.5. The van der Waals surface area contributed by atoms with Crippen LogP contribution in [0.3, 0.4) is 0 Å². The first-order chi connectivity index (χ1) is 27.0. The Labute approximate surface area is 347 Å². The van der Waals surface area contributed by atoms with Gasteiger partial charge in [-0.05, 0) is 92.2 Å². The van der Waals surface area contributed by atoms with Gasteiger partial charge in [-0.1, -0.05) is 90.1 Å². The standard InChI is InChI=1S/C44H64N4O8SSi/c1-12-57(53,54)48(9)37-20-16-19-36(27-37)42(51)47-38(25-30(2)3)39(56-58(10,11)44(6,7)8)26-31(4)40(49)46-32(5)41(50)45-28-33-21-23-35(24-22-33)43(52)55-29-34-17-14-13-15-18-34/h13-24,27,30-32,38-39H,12,25-26,28-29H2,1-11H3,(H,45,50)(H,46,49)(H,47,51)/t31-,32+,38+,39+/m1/s1. The molecule has 0 aliphatic carbocycles. The fourth-order valence-corrected chi connectivity index (χ4v) is 8.09. The van der Waals surface area contributed by atoms with Gasteiger partial charge in [-0.3, -0.25) is 18.7 Å². The number of hydrogen-bond donors (Lipinski definition) is 3. The first kappa shape index (κ1) is 47.8. The number of sulfonamides is 1. The summed E-state index contributed by atoms with van der Waals surface area (Å²) in [5.41, 5.74) is 2.74. The molecule has 0 bridgehead atoms. The first-order valence-electron chi connectivity index (χ1n) is 20.0. The maximum atomic E-state index is 13.9. The second kappa shape index (κ2) is 20.9. The number of amides is 3. The lowest BCUT2D eigenvalue weighted by atomic mass is 9.92. The topological polar surface area (TPSA) is 160 Å². The summed E-state index contributed by atoms with van der Waals surface area (Å²) in [6.07, 6.45) is 0.307. The second-order valence-electron chi connectivity index (χ2n) is 16.9. The van der Waals surface area contributed by atoms with E-state index in [1.807, 2.05) is 30.3 Å². The number of benzene rings is 3. The van der Waals surface area contributed by atoms with Gasteiger partial charge in [0.25, 0.3) is 5.91 Å². The molecule has 3 aromatic rings. The predicted octanol–water partition coefficient (Wildman–Crippen LogP) is 7.21. The van der Waals surface area contributed by atoms with Crippen molar-refractivity contribution in [3.63, 3.8) is 0 Å². The maximum Gasteiger partial charge on any atom is 0.338 e. The minimum Gasteiger partial charge on any atom is -0.457 e. The van der Waals surface area contributed by atoms with E-state index in [2.05, 4.69) is 63.7 Å². The molecule has 0 aliphatic rings. The Bertz CT molecular complexity index is 1950. The highest BCUT2D eigenvalue weighted by Crippen LogP contribution is 2.39. The van der Waals surface area contributed by atoms with Crippen LogP contribution in [0.15, 0.2) is 78.9 Å². The van der Waals surface area contributed by atoms with Crippen LogP contribution in [0, 0.1) is 11.8 Å². The zero-order chi connectivity index (χ0) is 43.4. The minimum atomic E-state index is -3.54. The average Bonchev–Trinajstić information content (AvgIpc) is 3.17. The summed E-state index contributed by atoms with van der Waals surface area (Å²) in [5, 5.41) is 8.72. The van der Waals surface area contributed by atoms with Crippen LogP contribution in [0.4, 0.5) is 5.69 Å². The summed E-state index contributed by atoms with van der Waals surface area (Å²) in [7, 11) is -4.50. The molecule has 3 N–H and O–H groups in total. The van der Waals surface area contributed by atoms with Gasteiger partial charge in [-0.25, -0.2) is 13.2 Å². The number of hydrogen-bond acceptors (Lipinski definition) is 8. The molecule has 14 heteroatoms. The largest absolute Gasteiger partial charge is 0.457 e. The van der Waals surface area contributed by atoms with Gasteiger partial charge in [0.05, 0.1) is 29.1 Å². The van der Waals surface area contributed by atoms with Gasteiger partial charge in [0.2, 0.25) is 21.8 Å². The third-order valence-electron chi connectivity index (χ3n) is 10.7. The molecule has 0 radical (unpaired) electrons. The van der Waals surface area contributed by atoms with Gasteiger partial charge in [0.15, 0.2) is 8.32 Å². The summed E-state index contributed by atoms with van der Waals surface area (Å²) in [5.74, 6) is -2.01. The smallest absolute Gasteiger partial charge is 0.338 e. The van der Waals surface area contributed by atoms with Crippen LogP contribution in [0.25, 0.3) is 0 Å². The molecule has 0 aromatic heterocycles. The van der Waals surface area contributed by atoms with Crippen LogP contribution in [0.1, 0.15) is 100 Å². The number of carbonyl (C=O) groups excluding carboxylic acids is 4. The zero-order valence-corrected chi connectivity index (χ0v) is 37.9. The number of rotatable bonds is 20. The van der Waals surface area contributed by atoms with Gasteiger partial charge < -0.3 is 25.1 Å². The highest BCUT2D eigenvalue weighted by molar-refractivity contribution is 7.92. The lowest BCUT2D eigenvalue weighted by Gasteiger charge is -2.42. The predicted molar refractivity (Wildman–Crippen MR) is 232 cm³/mol. The van der Waals surface area contributed by atoms with Gasteiger partial charge in [0.1, 0.15) is 12.6 Å². The number of anilines is 1. The van der Waals surface area contributed by atoms with Crippen LogP contribution in [0.5, 0.6) is 0 Å². The molecular weight excluding hydrogens is 773 g/mol. The molecule has 3 amide bonds. The van der Waals surface area contributed by atoms with E-state index in [0.29, 0.717) is 23.2 Å². The summed E-state index contributed by atoms with van der Waals surface area (Å²) < 4.78 is 38.7. The van der Waals surface area contributed by atoms with Crippen LogP contribution < -0.4 is 20.3 Å². The summed E-state index contributed by atoms with van der Waals surface area (Å²) in [6, 6.07) is 21.4. The Hall–Kier alpha value is -4.53. The van der Waals surface area contributed by atoms with Crippen molar-refractivity contribution < 1.29 is 36.8 Å². The van der Waals surface area contributed by atoms with E-state index in [0.717, 1.165) is 11.1 Å². The van der Waals surface area contributed by atoms with E-state index < -0.39 is 48.4 Å². The third kappa shape index (κ3) is 14.1. The molecule has 0 spiro atoms. The zero-order valence-electron chi connectivity index (χ0n) is 36.0. The lowest BCUT2D eigenvalue weighted by Crippen LogP contribution is -2.53. The number of nitrogens with zero attached hydrogens (tertiary/aromatic N) is 1. The molecule has 0 heterocycles. The fourth-order valence-electron chi connectivity index (χ4n) is 5.89. The van der Waals surface area contributed by atoms with Gasteiger partial charge in [-0.15, -0.1) is 0 Å². The molecule has 0 fully saturated rings. The minimum absolute atomic E-state index is 0.0799. The van der Waals surface area contributed by atoms with Crippen molar-refractivity contribution in [2.24, 2.45) is 11.8 Å². The third-order valence-corrected chi connectivity index (χ3v) is 16.9. The molecule has 58 heavy (non-hydrogen) atoms. The summed E-state index contributed by atoms with van der Waals surface area (Å²) >= 11 is 0. The van der Waals surface area contributed by atoms with Crippen LogP contribution >= 0.6 is 0 Å². The van der Waals surface area contributed by atoms with Gasteiger partial charge in [0, 0.05) is 25.1 Å². The van der Waals surface area contributed by atoms with Crippen molar-refractivity contribution in [2.75, 3.05) is 17.1 Å². The number of esters is 1. The second-order valence-corrected chi connectivity index (χ2v) is 23.9. The van der Waals surface area contributed by atoms with E-state index in [-0.39, 0.29) is 54.0 Å².